The molecule has 0 unspecified atom stereocenters. The number of hydrogen-bond donors (Lipinski definition) is 1. The van der Waals surface area contributed by atoms with E-state index >= 15 is 0 Å². The van der Waals surface area contributed by atoms with Crippen molar-refractivity contribution in [3.05, 3.63) is 17.3 Å². The summed E-state index contributed by atoms with van der Waals surface area (Å²) < 4.78 is 21.9. The van der Waals surface area contributed by atoms with Crippen molar-refractivity contribution in [2.75, 3.05) is 23.5 Å². The van der Waals surface area contributed by atoms with Gasteiger partial charge in [0.2, 0.25) is 0 Å². The second-order valence-corrected chi connectivity index (χ2v) is 8.11. The van der Waals surface area contributed by atoms with Gasteiger partial charge in [-0.1, -0.05) is 0 Å². The molecule has 2 aromatic rings. The second kappa shape index (κ2) is 5.41. The highest BCUT2D eigenvalue weighted by atomic mass is 32.2. The molecule has 0 saturated heterocycles. The topological polar surface area (TPSA) is 85.9 Å². The van der Waals surface area contributed by atoms with E-state index in [2.05, 4.69) is 9.97 Å². The summed E-state index contributed by atoms with van der Waals surface area (Å²) in [6, 6.07) is 1.90. The molecule has 5 nitrogen and oxygen atoms in total. The summed E-state index contributed by atoms with van der Waals surface area (Å²) in [7, 11) is -2.90. The summed E-state index contributed by atoms with van der Waals surface area (Å²) in [5, 5.41) is 2.81. The van der Waals surface area contributed by atoms with Gasteiger partial charge >= 0.3 is 0 Å². The molecule has 98 valence electrons. The number of thiophene rings is 1. The first-order valence-electron chi connectivity index (χ1n) is 5.21. The molecule has 0 saturated carbocycles. The van der Waals surface area contributed by atoms with E-state index in [1.807, 2.05) is 11.4 Å². The van der Waals surface area contributed by atoms with Crippen LogP contribution in [-0.2, 0) is 15.6 Å². The van der Waals surface area contributed by atoms with Gasteiger partial charge in [-0.2, -0.15) is 11.8 Å². The lowest BCUT2D eigenvalue weighted by molar-refractivity contribution is 0.603. The summed E-state index contributed by atoms with van der Waals surface area (Å²) in [4.78, 5) is 9.47. The number of hydrogen-bond acceptors (Lipinski definition) is 7. The van der Waals surface area contributed by atoms with E-state index in [-0.39, 0.29) is 5.75 Å². The number of nitrogen functional groups attached to an aromatic ring is 1. The first-order valence-corrected chi connectivity index (χ1v) is 9.30. The Bertz CT molecular complexity index is 651. The van der Waals surface area contributed by atoms with Gasteiger partial charge in [-0.25, -0.2) is 18.4 Å². The number of fused-ring (bicyclic) bond motifs is 1. The summed E-state index contributed by atoms with van der Waals surface area (Å²) in [5.41, 5.74) is 5.83. The summed E-state index contributed by atoms with van der Waals surface area (Å²) in [6.07, 6.45) is 1.24. The molecule has 18 heavy (non-hydrogen) atoms. The Balaban J connectivity index is 1.99. The van der Waals surface area contributed by atoms with Crippen molar-refractivity contribution in [1.29, 1.82) is 0 Å². The van der Waals surface area contributed by atoms with Crippen LogP contribution < -0.4 is 5.73 Å². The van der Waals surface area contributed by atoms with E-state index in [1.165, 1.54) is 29.4 Å². The molecule has 0 aromatic carbocycles. The molecule has 0 spiro atoms. The summed E-state index contributed by atoms with van der Waals surface area (Å²) in [6.45, 7) is 0. The third kappa shape index (κ3) is 3.56. The van der Waals surface area contributed by atoms with E-state index in [0.29, 0.717) is 23.1 Å². The maximum atomic E-state index is 11.0. The Morgan fingerprint density at radius 2 is 2.22 bits per heavy atom. The fourth-order valence-corrected chi connectivity index (χ4v) is 4.29. The Morgan fingerprint density at radius 1 is 1.44 bits per heavy atom. The van der Waals surface area contributed by atoms with Crippen LogP contribution in [0.2, 0.25) is 0 Å². The van der Waals surface area contributed by atoms with Gasteiger partial charge in [0.25, 0.3) is 0 Å². The lowest BCUT2D eigenvalue weighted by Crippen LogP contribution is -2.06. The predicted octanol–water partition coefficient (Wildman–Crippen LogP) is 1.55. The van der Waals surface area contributed by atoms with Crippen LogP contribution in [0.3, 0.4) is 0 Å². The molecule has 0 aliphatic carbocycles. The molecule has 2 N–H and O–H groups in total. The molecule has 2 aromatic heterocycles. The average Bonchev–Trinajstić information content (AvgIpc) is 2.71. The van der Waals surface area contributed by atoms with Gasteiger partial charge in [0.1, 0.15) is 26.3 Å². The van der Waals surface area contributed by atoms with Gasteiger partial charge in [0.05, 0.1) is 16.9 Å². The summed E-state index contributed by atoms with van der Waals surface area (Å²) >= 11 is 3.02. The van der Waals surface area contributed by atoms with Crippen LogP contribution in [0.5, 0.6) is 0 Å². The quantitative estimate of drug-likeness (QED) is 0.843. The first kappa shape index (κ1) is 13.6. The molecule has 0 fully saturated rings. The van der Waals surface area contributed by atoms with Crippen LogP contribution in [0.4, 0.5) is 5.82 Å². The van der Waals surface area contributed by atoms with E-state index in [4.69, 9.17) is 5.73 Å². The van der Waals surface area contributed by atoms with E-state index in [1.54, 1.807) is 0 Å². The minimum Gasteiger partial charge on any atom is -0.383 e. The standard InChI is InChI=1S/C10H13N3O2S3/c1-18(14,15)5-4-16-6-8-12-9(11)7-2-3-17-10(7)13-8/h2-3H,4-6H2,1H3,(H2,11,12,13). The third-order valence-electron chi connectivity index (χ3n) is 2.23. The molecular weight excluding hydrogens is 290 g/mol. The molecular formula is C10H13N3O2S3. The van der Waals surface area contributed by atoms with Crippen LogP contribution in [0.25, 0.3) is 10.2 Å². The monoisotopic (exact) mass is 303 g/mol. The normalized spacial score (nSPS) is 12.1. The van der Waals surface area contributed by atoms with Crippen molar-refractivity contribution in [3.63, 3.8) is 0 Å². The summed E-state index contributed by atoms with van der Waals surface area (Å²) in [5.74, 6) is 2.44. The van der Waals surface area contributed by atoms with Crippen molar-refractivity contribution in [2.24, 2.45) is 0 Å². The van der Waals surface area contributed by atoms with Gasteiger partial charge in [0.15, 0.2) is 0 Å². The SMILES string of the molecule is CS(=O)(=O)CCSCc1nc(N)c2ccsc2n1. The molecule has 2 rings (SSSR count). The lowest BCUT2D eigenvalue weighted by atomic mass is 10.4. The molecule has 0 bridgehead atoms. The fourth-order valence-electron chi connectivity index (χ4n) is 1.36. The van der Waals surface area contributed by atoms with E-state index < -0.39 is 9.84 Å². The third-order valence-corrected chi connectivity index (χ3v) is 5.20. The Labute approximate surface area is 114 Å². The Hall–Kier alpha value is -0.860. The second-order valence-electron chi connectivity index (χ2n) is 3.85. The van der Waals surface area contributed by atoms with Crippen molar-refractivity contribution >= 4 is 49.0 Å². The lowest BCUT2D eigenvalue weighted by Gasteiger charge is -2.02. The highest BCUT2D eigenvalue weighted by Gasteiger charge is 2.07. The largest absolute Gasteiger partial charge is 0.383 e. The minimum absolute atomic E-state index is 0.175. The molecule has 0 atom stereocenters. The van der Waals surface area contributed by atoms with Crippen LogP contribution in [0.15, 0.2) is 11.4 Å². The van der Waals surface area contributed by atoms with Crippen LogP contribution in [0, 0.1) is 0 Å². The number of sulfone groups is 1. The number of nitrogens with zero attached hydrogens (tertiary/aromatic N) is 2. The van der Waals surface area contributed by atoms with Crippen LogP contribution >= 0.6 is 23.1 Å². The number of aromatic nitrogens is 2. The fraction of sp³-hybridized carbons (Fsp3) is 0.400. The number of nitrogens with two attached hydrogens (primary N) is 1. The average molecular weight is 303 g/mol. The first-order chi connectivity index (χ1) is 8.46. The van der Waals surface area contributed by atoms with Gasteiger partial charge in [-0.3, -0.25) is 0 Å². The van der Waals surface area contributed by atoms with Crippen molar-refractivity contribution in [1.82, 2.24) is 9.97 Å². The maximum absolute atomic E-state index is 11.0. The predicted molar refractivity (Wildman–Crippen MR) is 77.7 cm³/mol. The molecule has 0 amide bonds. The van der Waals surface area contributed by atoms with Crippen molar-refractivity contribution in [2.45, 2.75) is 5.75 Å². The van der Waals surface area contributed by atoms with Gasteiger partial charge < -0.3 is 5.73 Å². The maximum Gasteiger partial charge on any atom is 0.148 e. The minimum atomic E-state index is -2.90. The number of thioether (sulfide) groups is 1. The van der Waals surface area contributed by atoms with Gasteiger partial charge in [-0.05, 0) is 11.4 Å². The van der Waals surface area contributed by atoms with Gasteiger partial charge in [0, 0.05) is 12.0 Å². The van der Waals surface area contributed by atoms with E-state index in [0.717, 1.165) is 10.2 Å². The zero-order valence-corrected chi connectivity index (χ0v) is 12.2. The zero-order chi connectivity index (χ0) is 13.2. The van der Waals surface area contributed by atoms with Crippen LogP contribution in [-0.4, -0.2) is 36.1 Å². The van der Waals surface area contributed by atoms with Gasteiger partial charge in [-0.15, -0.1) is 11.3 Å². The molecule has 2 heterocycles. The molecule has 0 aliphatic heterocycles. The van der Waals surface area contributed by atoms with Crippen molar-refractivity contribution < 1.29 is 8.42 Å². The smallest absolute Gasteiger partial charge is 0.148 e. The highest BCUT2D eigenvalue weighted by Crippen LogP contribution is 2.24. The zero-order valence-electron chi connectivity index (χ0n) is 9.79. The number of anilines is 1. The molecule has 0 aliphatic rings. The molecule has 8 heteroatoms. The Morgan fingerprint density at radius 3 is 2.94 bits per heavy atom. The highest BCUT2D eigenvalue weighted by molar-refractivity contribution is 7.99. The van der Waals surface area contributed by atoms with Crippen LogP contribution in [0.1, 0.15) is 5.82 Å². The number of rotatable bonds is 5. The van der Waals surface area contributed by atoms with E-state index in [9.17, 15) is 8.42 Å². The Kier molecular flexibility index (Phi) is 4.08. The molecule has 0 radical (unpaired) electrons. The van der Waals surface area contributed by atoms with Crippen molar-refractivity contribution in [3.8, 4) is 0 Å².